The van der Waals surface area contributed by atoms with Crippen molar-refractivity contribution in [1.82, 2.24) is 20.5 Å². The van der Waals surface area contributed by atoms with E-state index in [1.54, 1.807) is 29.7 Å². The summed E-state index contributed by atoms with van der Waals surface area (Å²) in [5, 5.41) is 12.1. The minimum atomic E-state index is 0. The predicted octanol–water partition coefficient (Wildman–Crippen LogP) is 2.63. The highest BCUT2D eigenvalue weighted by Crippen LogP contribution is 2.25. The molecule has 1 atom stereocenters. The molecule has 1 fully saturated rings. The van der Waals surface area contributed by atoms with Gasteiger partial charge >= 0.3 is 0 Å². The van der Waals surface area contributed by atoms with Gasteiger partial charge in [0.1, 0.15) is 0 Å². The molecule has 0 aliphatic carbocycles. The van der Waals surface area contributed by atoms with Gasteiger partial charge in [0.15, 0.2) is 11.1 Å². The Balaban J connectivity index is 0.00000280. The standard InChI is InChI=1S/C18H28N6OS2.HI/c1-19-17(20-11-14-13-27-18(22-14)23(2)3)21-12-15(16-5-4-10-26-16)24-6-8-25-9-7-24;/h4-5,10,13,15H,6-9,11-12H2,1-3H3,(H2,19,20,21);1H. The van der Waals surface area contributed by atoms with E-state index in [1.807, 2.05) is 19.0 Å². The molecule has 28 heavy (non-hydrogen) atoms. The van der Waals surface area contributed by atoms with Crippen molar-refractivity contribution in [2.75, 3.05) is 58.9 Å². The van der Waals surface area contributed by atoms with Crippen molar-refractivity contribution in [3.63, 3.8) is 0 Å². The molecule has 3 rings (SSSR count). The Labute approximate surface area is 192 Å². The van der Waals surface area contributed by atoms with E-state index in [4.69, 9.17) is 4.74 Å². The van der Waals surface area contributed by atoms with Gasteiger partial charge in [-0.2, -0.15) is 0 Å². The van der Waals surface area contributed by atoms with Crippen LogP contribution in [-0.4, -0.2) is 69.8 Å². The van der Waals surface area contributed by atoms with Gasteiger partial charge in [-0.15, -0.1) is 46.7 Å². The van der Waals surface area contributed by atoms with Gasteiger partial charge in [0, 0.05) is 51.0 Å². The Morgan fingerprint density at radius 2 is 2.11 bits per heavy atom. The van der Waals surface area contributed by atoms with Crippen LogP contribution in [0.5, 0.6) is 0 Å². The fourth-order valence-corrected chi connectivity index (χ4v) is 4.57. The van der Waals surface area contributed by atoms with Crippen LogP contribution in [0.25, 0.3) is 0 Å². The minimum absolute atomic E-state index is 0. The number of aromatic nitrogens is 1. The highest BCUT2D eigenvalue weighted by molar-refractivity contribution is 14.0. The van der Waals surface area contributed by atoms with Gasteiger partial charge in [-0.05, 0) is 11.4 Å². The van der Waals surface area contributed by atoms with Crippen molar-refractivity contribution in [2.45, 2.75) is 12.6 Å². The van der Waals surface area contributed by atoms with E-state index >= 15 is 0 Å². The number of ether oxygens (including phenoxy) is 1. The van der Waals surface area contributed by atoms with E-state index < -0.39 is 0 Å². The third-order valence-corrected chi connectivity index (χ3v) is 6.43. The summed E-state index contributed by atoms with van der Waals surface area (Å²) in [6.45, 7) is 4.98. The number of hydrogen-bond acceptors (Lipinski definition) is 7. The average molecular weight is 537 g/mol. The number of morpholine rings is 1. The number of anilines is 1. The minimum Gasteiger partial charge on any atom is -0.379 e. The molecule has 0 aromatic carbocycles. The number of rotatable bonds is 7. The molecule has 1 unspecified atom stereocenters. The molecular weight excluding hydrogens is 507 g/mol. The maximum atomic E-state index is 5.52. The summed E-state index contributed by atoms with van der Waals surface area (Å²) in [6.07, 6.45) is 0. The van der Waals surface area contributed by atoms with E-state index in [1.165, 1.54) is 4.88 Å². The van der Waals surface area contributed by atoms with Gasteiger partial charge in [0.25, 0.3) is 0 Å². The molecule has 3 heterocycles. The normalized spacial score (nSPS) is 16.3. The van der Waals surface area contributed by atoms with Crippen LogP contribution in [-0.2, 0) is 11.3 Å². The molecule has 0 bridgehead atoms. The lowest BCUT2D eigenvalue weighted by molar-refractivity contribution is 0.0177. The maximum absolute atomic E-state index is 5.52. The lowest BCUT2D eigenvalue weighted by Crippen LogP contribution is -2.46. The van der Waals surface area contributed by atoms with Crippen LogP contribution in [0.15, 0.2) is 27.9 Å². The van der Waals surface area contributed by atoms with E-state index in [9.17, 15) is 0 Å². The van der Waals surface area contributed by atoms with Gasteiger partial charge in [0.05, 0.1) is 31.5 Å². The molecule has 0 amide bonds. The first-order chi connectivity index (χ1) is 13.2. The van der Waals surface area contributed by atoms with Crippen LogP contribution in [0.1, 0.15) is 16.6 Å². The van der Waals surface area contributed by atoms with E-state index in [0.29, 0.717) is 12.6 Å². The van der Waals surface area contributed by atoms with E-state index in [2.05, 4.69) is 48.4 Å². The quantitative estimate of drug-likeness (QED) is 0.323. The van der Waals surface area contributed by atoms with Crippen LogP contribution < -0.4 is 15.5 Å². The molecule has 0 saturated carbocycles. The summed E-state index contributed by atoms with van der Waals surface area (Å²) in [7, 11) is 5.82. The third kappa shape index (κ3) is 6.55. The van der Waals surface area contributed by atoms with Crippen molar-refractivity contribution >= 4 is 57.7 Å². The van der Waals surface area contributed by atoms with Crippen molar-refractivity contribution in [3.8, 4) is 0 Å². The van der Waals surface area contributed by atoms with Crippen LogP contribution in [0.3, 0.4) is 0 Å². The Morgan fingerprint density at radius 3 is 2.71 bits per heavy atom. The molecule has 2 aromatic heterocycles. The first kappa shape index (κ1) is 23.3. The van der Waals surface area contributed by atoms with Crippen molar-refractivity contribution < 1.29 is 4.74 Å². The second-order valence-corrected chi connectivity index (χ2v) is 8.32. The Kier molecular flexibility index (Phi) is 9.92. The Bertz CT molecular complexity index is 715. The monoisotopic (exact) mass is 536 g/mol. The fraction of sp³-hybridized carbons (Fsp3) is 0.556. The zero-order chi connectivity index (χ0) is 19.1. The summed E-state index contributed by atoms with van der Waals surface area (Å²) in [5.74, 6) is 0.796. The van der Waals surface area contributed by atoms with Crippen LogP contribution in [0, 0.1) is 0 Å². The van der Waals surface area contributed by atoms with Gasteiger partial charge in [0.2, 0.25) is 0 Å². The second kappa shape index (κ2) is 11.9. The number of thiazole rings is 1. The number of guanidine groups is 1. The lowest BCUT2D eigenvalue weighted by atomic mass is 10.2. The van der Waals surface area contributed by atoms with Gasteiger partial charge in [-0.25, -0.2) is 4.98 Å². The molecule has 2 N–H and O–H groups in total. The molecule has 1 aliphatic rings. The highest BCUT2D eigenvalue weighted by atomic mass is 127. The molecule has 0 radical (unpaired) electrons. The SMILES string of the molecule is CN=C(NCc1csc(N(C)C)n1)NCC(c1cccs1)N1CCOCC1.I. The number of nitrogens with zero attached hydrogens (tertiary/aromatic N) is 4. The highest BCUT2D eigenvalue weighted by Gasteiger charge is 2.23. The van der Waals surface area contributed by atoms with Crippen molar-refractivity contribution in [2.24, 2.45) is 4.99 Å². The first-order valence-corrected chi connectivity index (χ1v) is 10.8. The van der Waals surface area contributed by atoms with Crippen molar-refractivity contribution in [1.29, 1.82) is 0 Å². The Hall–Kier alpha value is -0.950. The molecule has 0 spiro atoms. The smallest absolute Gasteiger partial charge is 0.191 e. The van der Waals surface area contributed by atoms with E-state index in [0.717, 1.165) is 49.6 Å². The largest absolute Gasteiger partial charge is 0.379 e. The van der Waals surface area contributed by atoms with Crippen LogP contribution >= 0.6 is 46.7 Å². The van der Waals surface area contributed by atoms with Gasteiger partial charge in [-0.1, -0.05) is 6.07 Å². The number of hydrogen-bond donors (Lipinski definition) is 2. The number of halogens is 1. The third-order valence-electron chi connectivity index (χ3n) is 4.40. The first-order valence-electron chi connectivity index (χ1n) is 9.09. The second-order valence-electron chi connectivity index (χ2n) is 6.50. The number of nitrogens with one attached hydrogen (secondary N) is 2. The van der Waals surface area contributed by atoms with E-state index in [-0.39, 0.29) is 24.0 Å². The van der Waals surface area contributed by atoms with Gasteiger partial charge in [-0.3, -0.25) is 9.89 Å². The van der Waals surface area contributed by atoms with Gasteiger partial charge < -0.3 is 20.3 Å². The fourth-order valence-electron chi connectivity index (χ4n) is 2.95. The molecule has 10 heteroatoms. The topological polar surface area (TPSA) is 65.0 Å². The van der Waals surface area contributed by atoms with Crippen LogP contribution in [0.4, 0.5) is 5.13 Å². The summed E-state index contributed by atoms with van der Waals surface area (Å²) >= 11 is 3.45. The number of aliphatic imine (C=N–C) groups is 1. The summed E-state index contributed by atoms with van der Waals surface area (Å²) in [6, 6.07) is 4.65. The zero-order valence-corrected chi connectivity index (χ0v) is 20.5. The van der Waals surface area contributed by atoms with Crippen LogP contribution in [0.2, 0.25) is 0 Å². The molecule has 2 aromatic rings. The lowest BCUT2D eigenvalue weighted by Gasteiger charge is -2.34. The number of thiophene rings is 1. The predicted molar refractivity (Wildman–Crippen MR) is 130 cm³/mol. The summed E-state index contributed by atoms with van der Waals surface area (Å²) in [4.78, 5) is 14.8. The summed E-state index contributed by atoms with van der Waals surface area (Å²) < 4.78 is 5.52. The molecule has 156 valence electrons. The molecular formula is C18H29IN6OS2. The molecule has 1 aliphatic heterocycles. The zero-order valence-electron chi connectivity index (χ0n) is 16.6. The van der Waals surface area contributed by atoms with Crippen molar-refractivity contribution in [3.05, 3.63) is 33.5 Å². The summed E-state index contributed by atoms with van der Waals surface area (Å²) in [5.41, 5.74) is 1.02. The Morgan fingerprint density at radius 1 is 1.32 bits per heavy atom. The maximum Gasteiger partial charge on any atom is 0.191 e. The molecule has 1 saturated heterocycles. The molecule has 7 nitrogen and oxygen atoms in total. The average Bonchev–Trinajstić information content (AvgIpc) is 3.37.